The largest absolute Gasteiger partial charge is 0.387 e. The number of aliphatic hydroxyl groups is 1. The van der Waals surface area contributed by atoms with Crippen molar-refractivity contribution in [1.29, 1.82) is 0 Å². The number of H-pyrrole nitrogens is 1. The lowest BCUT2D eigenvalue weighted by molar-refractivity contribution is 0.0995. The van der Waals surface area contributed by atoms with Gasteiger partial charge in [0, 0.05) is 26.4 Å². The molecule has 0 aromatic carbocycles. The number of anilines is 1. The molecular formula is C12H19N5O3S. The Hall–Kier alpha value is -1.74. The van der Waals surface area contributed by atoms with Crippen LogP contribution in [0.25, 0.3) is 11.2 Å². The molecule has 116 valence electrons. The summed E-state index contributed by atoms with van der Waals surface area (Å²) >= 11 is 1.54. The van der Waals surface area contributed by atoms with E-state index < -0.39 is 16.9 Å². The summed E-state index contributed by atoms with van der Waals surface area (Å²) in [6.07, 6.45) is 1.91. The number of rotatable bonds is 5. The zero-order valence-corrected chi connectivity index (χ0v) is 13.2. The maximum absolute atomic E-state index is 12.0. The lowest BCUT2D eigenvalue weighted by Crippen LogP contribution is -2.36. The number of fused-ring (bicyclic) bond motifs is 1. The third kappa shape index (κ3) is 2.98. The Kier molecular flexibility index (Phi) is 4.15. The van der Waals surface area contributed by atoms with Crippen LogP contribution in [0.3, 0.4) is 0 Å². The molecule has 0 radical (unpaired) electrons. The van der Waals surface area contributed by atoms with Gasteiger partial charge in [0.05, 0.1) is 5.60 Å². The molecule has 2 aromatic rings. The first-order valence-electron chi connectivity index (χ1n) is 6.38. The Labute approximate surface area is 125 Å². The van der Waals surface area contributed by atoms with Crippen LogP contribution in [0.2, 0.25) is 0 Å². The average molecular weight is 313 g/mol. The maximum atomic E-state index is 12.0. The first-order valence-corrected chi connectivity index (χ1v) is 7.77. The number of thioether (sulfide) groups is 1. The van der Waals surface area contributed by atoms with E-state index in [9.17, 15) is 14.7 Å². The number of aryl methyl sites for hydroxylation is 1. The minimum absolute atomic E-state index is 0.256. The second kappa shape index (κ2) is 5.57. The number of hydrogen-bond acceptors (Lipinski definition) is 6. The van der Waals surface area contributed by atoms with Crippen molar-refractivity contribution in [2.75, 3.05) is 23.9 Å². The summed E-state index contributed by atoms with van der Waals surface area (Å²) in [4.78, 5) is 30.9. The molecule has 3 N–H and O–H groups in total. The lowest BCUT2D eigenvalue weighted by atomic mass is 10.1. The molecule has 0 spiro atoms. The number of imidazole rings is 1. The molecule has 0 saturated heterocycles. The van der Waals surface area contributed by atoms with Crippen molar-refractivity contribution in [3.05, 3.63) is 20.8 Å². The molecule has 2 rings (SSSR count). The van der Waals surface area contributed by atoms with E-state index in [0.717, 1.165) is 4.57 Å². The van der Waals surface area contributed by atoms with Crippen LogP contribution in [0, 0.1) is 0 Å². The Balaban J connectivity index is 2.37. The number of hydrogen-bond donors (Lipinski definition) is 3. The Morgan fingerprint density at radius 2 is 2.05 bits per heavy atom. The van der Waals surface area contributed by atoms with Gasteiger partial charge < -0.3 is 15.4 Å². The van der Waals surface area contributed by atoms with Crippen molar-refractivity contribution in [2.24, 2.45) is 14.1 Å². The van der Waals surface area contributed by atoms with Crippen molar-refractivity contribution < 1.29 is 5.11 Å². The second-order valence-electron chi connectivity index (χ2n) is 5.27. The monoisotopic (exact) mass is 313 g/mol. The Bertz CT molecular complexity index is 774. The van der Waals surface area contributed by atoms with Crippen molar-refractivity contribution in [2.45, 2.75) is 12.5 Å². The number of nitrogens with zero attached hydrogens (tertiary/aromatic N) is 3. The van der Waals surface area contributed by atoms with E-state index in [0.29, 0.717) is 11.7 Å². The summed E-state index contributed by atoms with van der Waals surface area (Å²) < 4.78 is 2.33. The standard InChI is InChI=1S/C12H19N5O3S/c1-12(20,6-21-4)5-13-10-14-7-8(15-10)16(2)11(19)17(3)9(7)18/h20H,5-6H2,1-4H3,(H2,13,14,15). The Morgan fingerprint density at radius 3 is 2.67 bits per heavy atom. The van der Waals surface area contributed by atoms with Crippen LogP contribution in [-0.4, -0.2) is 48.4 Å². The fourth-order valence-electron chi connectivity index (χ4n) is 2.05. The van der Waals surface area contributed by atoms with Gasteiger partial charge in [-0.3, -0.25) is 13.9 Å². The molecule has 0 aliphatic heterocycles. The minimum atomic E-state index is -0.894. The molecule has 2 heterocycles. The number of aromatic amines is 1. The Morgan fingerprint density at radius 1 is 1.38 bits per heavy atom. The molecule has 9 heteroatoms. The van der Waals surface area contributed by atoms with Gasteiger partial charge in [0.2, 0.25) is 5.95 Å². The smallest absolute Gasteiger partial charge is 0.332 e. The average Bonchev–Trinajstić information content (AvgIpc) is 2.85. The summed E-state index contributed by atoms with van der Waals surface area (Å²) in [5.74, 6) is 0.921. The van der Waals surface area contributed by atoms with Gasteiger partial charge in [-0.25, -0.2) is 4.79 Å². The van der Waals surface area contributed by atoms with E-state index in [1.165, 1.54) is 23.4 Å². The van der Waals surface area contributed by atoms with E-state index in [1.54, 1.807) is 14.0 Å². The molecule has 0 aliphatic carbocycles. The zero-order chi connectivity index (χ0) is 15.8. The van der Waals surface area contributed by atoms with Crippen LogP contribution < -0.4 is 16.6 Å². The molecule has 0 aliphatic rings. The molecule has 1 atom stereocenters. The molecule has 0 bridgehead atoms. The predicted octanol–water partition coefficient (Wildman–Crippen LogP) is -0.514. The van der Waals surface area contributed by atoms with Gasteiger partial charge in [-0.2, -0.15) is 16.7 Å². The van der Waals surface area contributed by atoms with Crippen molar-refractivity contribution in [3.63, 3.8) is 0 Å². The molecule has 0 fully saturated rings. The van der Waals surface area contributed by atoms with Crippen LogP contribution >= 0.6 is 11.8 Å². The molecule has 8 nitrogen and oxygen atoms in total. The van der Waals surface area contributed by atoms with Gasteiger partial charge in [0.1, 0.15) is 0 Å². The molecule has 1 unspecified atom stereocenters. The van der Waals surface area contributed by atoms with E-state index in [2.05, 4.69) is 15.3 Å². The second-order valence-corrected chi connectivity index (χ2v) is 6.14. The molecule has 0 amide bonds. The summed E-state index contributed by atoms with van der Waals surface area (Å²) in [7, 11) is 2.97. The fourth-order valence-corrected chi connectivity index (χ4v) is 2.77. The van der Waals surface area contributed by atoms with Crippen molar-refractivity contribution in [3.8, 4) is 0 Å². The van der Waals surface area contributed by atoms with Crippen molar-refractivity contribution >= 4 is 28.9 Å². The molecule has 21 heavy (non-hydrogen) atoms. The fraction of sp³-hybridized carbons (Fsp3) is 0.583. The van der Waals surface area contributed by atoms with Crippen LogP contribution in [0.5, 0.6) is 0 Å². The number of nitrogens with one attached hydrogen (secondary N) is 2. The van der Waals surface area contributed by atoms with Gasteiger partial charge in [-0.15, -0.1) is 0 Å². The summed E-state index contributed by atoms with van der Waals surface area (Å²) in [6, 6.07) is 0. The normalized spacial score (nSPS) is 14.3. The van der Waals surface area contributed by atoms with Crippen LogP contribution in [0.1, 0.15) is 6.92 Å². The lowest BCUT2D eigenvalue weighted by Gasteiger charge is -2.22. The van der Waals surface area contributed by atoms with Gasteiger partial charge in [0.25, 0.3) is 5.56 Å². The first-order chi connectivity index (χ1) is 9.76. The highest BCUT2D eigenvalue weighted by atomic mass is 32.2. The quantitative estimate of drug-likeness (QED) is 0.686. The molecule has 0 saturated carbocycles. The van der Waals surface area contributed by atoms with E-state index in [4.69, 9.17) is 0 Å². The zero-order valence-electron chi connectivity index (χ0n) is 12.4. The third-order valence-corrected chi connectivity index (χ3v) is 4.10. The van der Waals surface area contributed by atoms with E-state index >= 15 is 0 Å². The summed E-state index contributed by atoms with van der Waals surface area (Å²) in [6.45, 7) is 2.00. The molecule has 2 aromatic heterocycles. The van der Waals surface area contributed by atoms with Gasteiger partial charge in [-0.05, 0) is 13.2 Å². The van der Waals surface area contributed by atoms with Crippen molar-refractivity contribution in [1.82, 2.24) is 19.1 Å². The van der Waals surface area contributed by atoms with E-state index in [1.807, 2.05) is 6.26 Å². The summed E-state index contributed by atoms with van der Waals surface area (Å²) in [5, 5.41) is 13.1. The topological polar surface area (TPSA) is 105 Å². The van der Waals surface area contributed by atoms with Gasteiger partial charge >= 0.3 is 5.69 Å². The van der Waals surface area contributed by atoms with Crippen LogP contribution in [0.15, 0.2) is 9.59 Å². The van der Waals surface area contributed by atoms with Crippen LogP contribution in [0.4, 0.5) is 5.95 Å². The third-order valence-electron chi connectivity index (χ3n) is 3.19. The maximum Gasteiger partial charge on any atom is 0.332 e. The minimum Gasteiger partial charge on any atom is -0.387 e. The van der Waals surface area contributed by atoms with E-state index in [-0.39, 0.29) is 17.7 Å². The van der Waals surface area contributed by atoms with Gasteiger partial charge in [-0.1, -0.05) is 0 Å². The SMILES string of the molecule is CSCC(C)(O)CNc1nc2c([nH]1)c(=O)n(C)c(=O)n2C. The highest BCUT2D eigenvalue weighted by Crippen LogP contribution is 2.13. The predicted molar refractivity (Wildman–Crippen MR) is 84.1 cm³/mol. The van der Waals surface area contributed by atoms with Crippen LogP contribution in [-0.2, 0) is 14.1 Å². The number of aromatic nitrogens is 4. The van der Waals surface area contributed by atoms with Gasteiger partial charge in [0.15, 0.2) is 11.2 Å². The summed E-state index contributed by atoms with van der Waals surface area (Å²) in [5.41, 5.74) is -1.21. The highest BCUT2D eigenvalue weighted by Gasteiger charge is 2.20. The highest BCUT2D eigenvalue weighted by molar-refractivity contribution is 7.98. The first kappa shape index (κ1) is 15.6. The molecular weight excluding hydrogens is 294 g/mol.